The smallest absolute Gasteiger partial charge is 0.325 e. The summed E-state index contributed by atoms with van der Waals surface area (Å²) in [7, 11) is 0. The van der Waals surface area contributed by atoms with Crippen LogP contribution in [0.1, 0.15) is 13.8 Å². The van der Waals surface area contributed by atoms with Gasteiger partial charge in [-0.15, -0.1) is 0 Å². The van der Waals surface area contributed by atoms with Gasteiger partial charge in [-0.1, -0.05) is 15.9 Å². The van der Waals surface area contributed by atoms with Crippen LogP contribution in [0.3, 0.4) is 0 Å². The van der Waals surface area contributed by atoms with E-state index < -0.39 is 4.32 Å². The maximum atomic E-state index is 10.8. The first-order chi connectivity index (χ1) is 3.98. The van der Waals surface area contributed by atoms with Crippen molar-refractivity contribution in [2.75, 3.05) is 6.61 Å². The Kier molecular flexibility index (Phi) is 3.04. The highest BCUT2D eigenvalue weighted by atomic mass is 79.9. The highest BCUT2D eigenvalue weighted by Gasteiger charge is 2.25. The Bertz CT molecular complexity index is 104. The summed E-state index contributed by atoms with van der Waals surface area (Å²) in [5.74, 6) is -0.280. The molecule has 0 saturated heterocycles. The second-order valence-electron chi connectivity index (χ2n) is 2.11. The molecule has 0 aromatic carbocycles. The quantitative estimate of drug-likeness (QED) is 0.378. The van der Waals surface area contributed by atoms with E-state index in [0.29, 0.717) is 0 Å². The zero-order valence-electron chi connectivity index (χ0n) is 5.61. The zero-order valence-corrected chi connectivity index (χ0v) is 7.19. The van der Waals surface area contributed by atoms with Crippen LogP contribution >= 0.6 is 15.9 Å². The van der Waals surface area contributed by atoms with Crippen LogP contribution in [0, 0.1) is 6.92 Å². The third-order valence-corrected chi connectivity index (χ3v) is 1.04. The van der Waals surface area contributed by atoms with Gasteiger partial charge in [-0.2, -0.15) is 0 Å². The van der Waals surface area contributed by atoms with E-state index in [0.717, 1.165) is 0 Å². The van der Waals surface area contributed by atoms with Gasteiger partial charge in [-0.25, -0.2) is 0 Å². The average molecular weight is 194 g/mol. The van der Waals surface area contributed by atoms with Crippen LogP contribution in [0.25, 0.3) is 0 Å². The summed E-state index contributed by atoms with van der Waals surface area (Å²) in [6, 6.07) is 0. The standard InChI is InChI=1S/C6H10BrO2/c1-4-9-5(8)6(2,3)7/h1,4H2,2-3H3/q+1. The molecule has 0 aromatic heterocycles. The lowest BCUT2D eigenvalue weighted by molar-refractivity contribution is -0.144. The van der Waals surface area contributed by atoms with E-state index in [9.17, 15) is 4.79 Å². The second kappa shape index (κ2) is 3.11. The average Bonchev–Trinajstić information content (AvgIpc) is 1.64. The van der Waals surface area contributed by atoms with E-state index in [-0.39, 0.29) is 12.6 Å². The van der Waals surface area contributed by atoms with Crippen LogP contribution in [-0.4, -0.2) is 16.9 Å². The predicted octanol–water partition coefficient (Wildman–Crippen LogP) is 1.54. The lowest BCUT2D eigenvalue weighted by atomic mass is 10.2. The largest absolute Gasteiger partial charge is 0.422 e. The topological polar surface area (TPSA) is 26.3 Å². The highest BCUT2D eigenvalue weighted by Crippen LogP contribution is 2.16. The Balaban J connectivity index is 3.74. The van der Waals surface area contributed by atoms with Crippen molar-refractivity contribution < 1.29 is 9.53 Å². The van der Waals surface area contributed by atoms with E-state index in [1.54, 1.807) is 13.8 Å². The van der Waals surface area contributed by atoms with Crippen LogP contribution in [0.15, 0.2) is 0 Å². The van der Waals surface area contributed by atoms with Gasteiger partial charge in [0.1, 0.15) is 11.2 Å². The number of carbonyl (C=O) groups excluding carboxylic acids is 1. The molecule has 0 bridgehead atoms. The molecule has 0 atom stereocenters. The molecule has 0 aromatic rings. The third kappa shape index (κ3) is 3.40. The summed E-state index contributed by atoms with van der Waals surface area (Å²) >= 11 is 3.14. The van der Waals surface area contributed by atoms with Crippen molar-refractivity contribution in [1.29, 1.82) is 0 Å². The first-order valence-electron chi connectivity index (χ1n) is 2.64. The first-order valence-corrected chi connectivity index (χ1v) is 3.43. The number of esters is 1. The molecule has 0 aliphatic rings. The van der Waals surface area contributed by atoms with E-state index in [1.807, 2.05) is 0 Å². The van der Waals surface area contributed by atoms with Gasteiger partial charge in [0.15, 0.2) is 0 Å². The van der Waals surface area contributed by atoms with Gasteiger partial charge < -0.3 is 4.74 Å². The molecule has 0 aliphatic carbocycles. The summed E-state index contributed by atoms with van der Waals surface area (Å²) in [5.41, 5.74) is 0. The molecular weight excluding hydrogens is 184 g/mol. The molecule has 3 heteroatoms. The van der Waals surface area contributed by atoms with Crippen molar-refractivity contribution in [3.63, 3.8) is 0 Å². The minimum absolute atomic E-state index is 0.188. The van der Waals surface area contributed by atoms with Gasteiger partial charge in [-0.3, -0.25) is 4.79 Å². The van der Waals surface area contributed by atoms with Gasteiger partial charge >= 0.3 is 5.97 Å². The number of alkyl halides is 1. The number of hydrogen-bond acceptors (Lipinski definition) is 2. The van der Waals surface area contributed by atoms with Crippen molar-refractivity contribution in [3.8, 4) is 0 Å². The molecule has 0 saturated carbocycles. The van der Waals surface area contributed by atoms with Crippen molar-refractivity contribution in [1.82, 2.24) is 0 Å². The van der Waals surface area contributed by atoms with E-state index >= 15 is 0 Å². The molecule has 52 valence electrons. The summed E-state index contributed by atoms with van der Waals surface area (Å²) in [5, 5.41) is 0. The fraction of sp³-hybridized carbons (Fsp3) is 0.667. The minimum atomic E-state index is -0.579. The van der Waals surface area contributed by atoms with Gasteiger partial charge in [0.2, 0.25) is 6.61 Å². The van der Waals surface area contributed by atoms with Gasteiger partial charge in [-0.05, 0) is 13.8 Å². The number of carbonyl (C=O) groups is 1. The Morgan fingerprint density at radius 1 is 1.78 bits per heavy atom. The molecule has 0 fully saturated rings. The molecular formula is C6H10BrO2+. The van der Waals surface area contributed by atoms with Crippen LogP contribution in [0.5, 0.6) is 0 Å². The molecule has 0 rings (SSSR count). The van der Waals surface area contributed by atoms with Crippen molar-refractivity contribution in [3.05, 3.63) is 6.92 Å². The number of hydrogen-bond donors (Lipinski definition) is 0. The molecule has 0 amide bonds. The van der Waals surface area contributed by atoms with E-state index in [4.69, 9.17) is 0 Å². The van der Waals surface area contributed by atoms with Gasteiger partial charge in [0.05, 0.1) is 0 Å². The second-order valence-corrected chi connectivity index (χ2v) is 4.09. The summed E-state index contributed by atoms with van der Waals surface area (Å²) in [4.78, 5) is 10.8. The summed E-state index contributed by atoms with van der Waals surface area (Å²) in [6.07, 6.45) is 0. The van der Waals surface area contributed by atoms with Crippen molar-refractivity contribution in [2.24, 2.45) is 0 Å². The van der Waals surface area contributed by atoms with Gasteiger partial charge in [0, 0.05) is 0 Å². The molecule has 0 unspecified atom stereocenters. The first kappa shape index (κ1) is 8.82. The summed E-state index contributed by atoms with van der Waals surface area (Å²) in [6.45, 7) is 7.02. The lowest BCUT2D eigenvalue weighted by Crippen LogP contribution is -2.26. The molecule has 0 aliphatic heterocycles. The van der Waals surface area contributed by atoms with E-state index in [1.165, 1.54) is 0 Å². The Hall–Kier alpha value is -0.180. The molecule has 0 radical (unpaired) electrons. The van der Waals surface area contributed by atoms with Crippen LogP contribution in [0.4, 0.5) is 0 Å². The maximum absolute atomic E-state index is 10.8. The maximum Gasteiger partial charge on any atom is 0.325 e. The van der Waals surface area contributed by atoms with Crippen LogP contribution < -0.4 is 0 Å². The van der Waals surface area contributed by atoms with Crippen LogP contribution in [0.2, 0.25) is 0 Å². The van der Waals surface area contributed by atoms with E-state index in [2.05, 4.69) is 27.6 Å². The Labute approximate surface area is 63.7 Å². The number of ether oxygens (including phenoxy) is 1. The SMILES string of the molecule is [CH2+]COC(=O)C(C)(C)Br. The normalized spacial score (nSPS) is 11.0. The summed E-state index contributed by atoms with van der Waals surface area (Å²) < 4.78 is 4.03. The molecule has 0 heterocycles. The zero-order chi connectivity index (χ0) is 7.49. The molecule has 2 nitrogen and oxygen atoms in total. The minimum Gasteiger partial charge on any atom is -0.422 e. The fourth-order valence-corrected chi connectivity index (χ4v) is 0.379. The monoisotopic (exact) mass is 193 g/mol. The molecule has 0 N–H and O–H groups in total. The Morgan fingerprint density at radius 2 is 2.22 bits per heavy atom. The lowest BCUT2D eigenvalue weighted by Gasteiger charge is -2.11. The van der Waals surface area contributed by atoms with Gasteiger partial charge in [0.25, 0.3) is 0 Å². The molecule has 9 heavy (non-hydrogen) atoms. The Morgan fingerprint density at radius 3 is 2.33 bits per heavy atom. The van der Waals surface area contributed by atoms with Crippen LogP contribution in [-0.2, 0) is 9.53 Å². The highest BCUT2D eigenvalue weighted by molar-refractivity contribution is 9.10. The number of rotatable bonds is 2. The third-order valence-electron chi connectivity index (χ3n) is 0.719. The van der Waals surface area contributed by atoms with Crippen molar-refractivity contribution in [2.45, 2.75) is 18.2 Å². The molecule has 0 spiro atoms. The number of halogens is 1. The fourth-order valence-electron chi connectivity index (χ4n) is 0.264. The predicted molar refractivity (Wildman–Crippen MR) is 39.3 cm³/mol. The van der Waals surface area contributed by atoms with Crippen molar-refractivity contribution >= 4 is 21.9 Å².